The van der Waals surface area contributed by atoms with Crippen LogP contribution in [0.5, 0.6) is 0 Å². The summed E-state index contributed by atoms with van der Waals surface area (Å²) >= 11 is 0. The summed E-state index contributed by atoms with van der Waals surface area (Å²) in [6.45, 7) is 6.37. The van der Waals surface area contributed by atoms with Gasteiger partial charge < -0.3 is 4.90 Å². The van der Waals surface area contributed by atoms with Gasteiger partial charge in [0.2, 0.25) is 0 Å². The Morgan fingerprint density at radius 3 is 2.67 bits per heavy atom. The van der Waals surface area contributed by atoms with Gasteiger partial charge in [-0.1, -0.05) is 13.8 Å². The number of H-pyrrole nitrogens is 1. The Balaban J connectivity index is 2.19. The van der Waals surface area contributed by atoms with Gasteiger partial charge in [0.05, 0.1) is 6.20 Å². The molecule has 1 N–H and O–H groups in total. The quantitative estimate of drug-likeness (QED) is 0.736. The van der Waals surface area contributed by atoms with E-state index in [0.717, 1.165) is 13.1 Å². The second-order valence-electron chi connectivity index (χ2n) is 4.50. The monoisotopic (exact) mass is 208 g/mol. The number of nitrogens with one attached hydrogen (secondary N) is 1. The van der Waals surface area contributed by atoms with Crippen molar-refractivity contribution in [1.29, 1.82) is 0 Å². The van der Waals surface area contributed by atoms with Crippen molar-refractivity contribution in [3.8, 4) is 0 Å². The first-order valence-electron chi connectivity index (χ1n) is 5.32. The molecular weight excluding hydrogens is 192 g/mol. The van der Waals surface area contributed by atoms with Crippen LogP contribution in [0.2, 0.25) is 0 Å². The highest BCUT2D eigenvalue weighted by Gasteiger charge is 2.22. The summed E-state index contributed by atoms with van der Waals surface area (Å²) in [7, 11) is 0. The molecule has 82 valence electrons. The van der Waals surface area contributed by atoms with Gasteiger partial charge in [-0.3, -0.25) is 0 Å². The summed E-state index contributed by atoms with van der Waals surface area (Å²) in [4.78, 5) is 17.1. The van der Waals surface area contributed by atoms with Gasteiger partial charge in [0, 0.05) is 13.1 Å². The highest BCUT2D eigenvalue weighted by atomic mass is 16.1. The molecule has 2 rings (SSSR count). The Bertz CT molecular complexity index is 379. The molecule has 1 aliphatic rings. The highest BCUT2D eigenvalue weighted by Crippen LogP contribution is 2.23. The van der Waals surface area contributed by atoms with Gasteiger partial charge in [-0.15, -0.1) is 0 Å². The maximum Gasteiger partial charge on any atom is 0.363 e. The maximum absolute atomic E-state index is 11.0. The fourth-order valence-electron chi connectivity index (χ4n) is 2.31. The van der Waals surface area contributed by atoms with Gasteiger partial charge in [0.1, 0.15) is 0 Å². The van der Waals surface area contributed by atoms with Crippen LogP contribution in [-0.2, 0) is 0 Å². The minimum atomic E-state index is -0.377. The molecular formula is C10H16N4O. The number of rotatable bonds is 1. The molecule has 15 heavy (non-hydrogen) atoms. The van der Waals surface area contributed by atoms with Crippen LogP contribution >= 0.6 is 0 Å². The number of piperidine rings is 1. The van der Waals surface area contributed by atoms with Crippen LogP contribution in [0.3, 0.4) is 0 Å². The van der Waals surface area contributed by atoms with E-state index in [0.29, 0.717) is 17.7 Å². The van der Waals surface area contributed by atoms with E-state index in [-0.39, 0.29) is 5.69 Å². The van der Waals surface area contributed by atoms with Crippen LogP contribution in [0, 0.1) is 11.8 Å². The molecule has 1 fully saturated rings. The molecule has 0 saturated carbocycles. The van der Waals surface area contributed by atoms with E-state index in [9.17, 15) is 4.79 Å². The summed E-state index contributed by atoms with van der Waals surface area (Å²) in [6.07, 6.45) is 2.86. The molecule has 1 saturated heterocycles. The Kier molecular flexibility index (Phi) is 2.70. The van der Waals surface area contributed by atoms with Gasteiger partial charge in [-0.25, -0.2) is 9.89 Å². The molecule has 0 spiro atoms. The van der Waals surface area contributed by atoms with E-state index in [1.54, 1.807) is 6.20 Å². The van der Waals surface area contributed by atoms with E-state index in [2.05, 4.69) is 33.9 Å². The smallest absolute Gasteiger partial charge is 0.355 e. The summed E-state index contributed by atoms with van der Waals surface area (Å²) < 4.78 is 0. The molecule has 0 amide bonds. The largest absolute Gasteiger partial charge is 0.363 e. The van der Waals surface area contributed by atoms with Crippen LogP contribution in [0.4, 0.5) is 5.82 Å². The van der Waals surface area contributed by atoms with Crippen molar-refractivity contribution >= 4 is 5.82 Å². The third-order valence-corrected chi connectivity index (χ3v) is 2.75. The molecule has 2 heterocycles. The molecule has 0 aliphatic carbocycles. The van der Waals surface area contributed by atoms with E-state index in [1.807, 2.05) is 0 Å². The Morgan fingerprint density at radius 1 is 1.40 bits per heavy atom. The molecule has 5 heteroatoms. The van der Waals surface area contributed by atoms with E-state index in [4.69, 9.17) is 0 Å². The topological polar surface area (TPSA) is 61.9 Å². The molecule has 1 aliphatic heterocycles. The number of aromatic nitrogens is 3. The average Bonchev–Trinajstić information content (AvgIpc) is 2.16. The van der Waals surface area contributed by atoms with Gasteiger partial charge in [-0.05, 0) is 18.3 Å². The van der Waals surface area contributed by atoms with Crippen molar-refractivity contribution in [2.24, 2.45) is 11.8 Å². The van der Waals surface area contributed by atoms with Crippen molar-refractivity contribution in [2.45, 2.75) is 20.3 Å². The van der Waals surface area contributed by atoms with E-state index in [1.165, 1.54) is 6.42 Å². The third-order valence-electron chi connectivity index (χ3n) is 2.75. The first-order chi connectivity index (χ1) is 7.15. The van der Waals surface area contributed by atoms with Gasteiger partial charge in [0.15, 0.2) is 5.82 Å². The second kappa shape index (κ2) is 4.00. The Labute approximate surface area is 88.5 Å². The predicted octanol–water partition coefficient (Wildman–Crippen LogP) is 0.647. The number of hydrogen-bond donors (Lipinski definition) is 1. The lowest BCUT2D eigenvalue weighted by Crippen LogP contribution is -2.40. The van der Waals surface area contributed by atoms with Gasteiger partial charge in [-0.2, -0.15) is 10.1 Å². The molecule has 5 nitrogen and oxygen atoms in total. The molecule has 0 aromatic carbocycles. The zero-order valence-corrected chi connectivity index (χ0v) is 9.10. The standard InChI is InChI=1S/C10H16N4O/c1-7-3-8(2)6-14(5-7)9-4-11-13-10(15)12-9/h4,7-8H,3,5-6H2,1-2H3,(H,12,13,15). The number of hydrogen-bond acceptors (Lipinski definition) is 4. The minimum Gasteiger partial charge on any atom is -0.355 e. The lowest BCUT2D eigenvalue weighted by molar-refractivity contribution is 0.355. The fourth-order valence-corrected chi connectivity index (χ4v) is 2.31. The molecule has 2 unspecified atom stereocenters. The lowest BCUT2D eigenvalue weighted by atomic mass is 9.92. The van der Waals surface area contributed by atoms with Crippen molar-refractivity contribution in [3.05, 3.63) is 16.7 Å². The van der Waals surface area contributed by atoms with Crippen molar-refractivity contribution in [1.82, 2.24) is 15.2 Å². The predicted molar refractivity (Wildman–Crippen MR) is 57.8 cm³/mol. The van der Waals surface area contributed by atoms with Gasteiger partial charge >= 0.3 is 5.69 Å². The van der Waals surface area contributed by atoms with E-state index >= 15 is 0 Å². The maximum atomic E-state index is 11.0. The Morgan fingerprint density at radius 2 is 2.07 bits per heavy atom. The molecule has 1 aromatic rings. The summed E-state index contributed by atoms with van der Waals surface area (Å²) in [6, 6.07) is 0. The second-order valence-corrected chi connectivity index (χ2v) is 4.50. The molecule has 1 aromatic heterocycles. The lowest BCUT2D eigenvalue weighted by Gasteiger charge is -2.35. The number of nitrogens with zero attached hydrogens (tertiary/aromatic N) is 3. The molecule has 2 atom stereocenters. The number of aromatic amines is 1. The first-order valence-corrected chi connectivity index (χ1v) is 5.32. The average molecular weight is 208 g/mol. The summed E-state index contributed by atoms with van der Waals surface area (Å²) in [5, 5.41) is 6.06. The van der Waals surface area contributed by atoms with Crippen LogP contribution in [0.1, 0.15) is 20.3 Å². The van der Waals surface area contributed by atoms with Crippen LogP contribution in [0.25, 0.3) is 0 Å². The fraction of sp³-hybridized carbons (Fsp3) is 0.700. The zero-order valence-electron chi connectivity index (χ0n) is 9.10. The molecule has 0 radical (unpaired) electrons. The van der Waals surface area contributed by atoms with Crippen molar-refractivity contribution in [2.75, 3.05) is 18.0 Å². The molecule has 0 bridgehead atoms. The zero-order chi connectivity index (χ0) is 10.8. The summed E-state index contributed by atoms with van der Waals surface area (Å²) in [5.41, 5.74) is -0.377. The third kappa shape index (κ3) is 2.34. The van der Waals surface area contributed by atoms with Crippen molar-refractivity contribution < 1.29 is 0 Å². The Hall–Kier alpha value is -1.39. The van der Waals surface area contributed by atoms with Crippen LogP contribution < -0.4 is 10.6 Å². The van der Waals surface area contributed by atoms with Crippen LogP contribution in [-0.4, -0.2) is 28.3 Å². The summed E-state index contributed by atoms with van der Waals surface area (Å²) in [5.74, 6) is 1.99. The van der Waals surface area contributed by atoms with Crippen molar-refractivity contribution in [3.63, 3.8) is 0 Å². The number of anilines is 1. The minimum absolute atomic E-state index is 0.377. The SMILES string of the molecule is CC1CC(C)CN(c2cn[nH]c(=O)n2)C1. The normalized spacial score (nSPS) is 26.7. The highest BCUT2D eigenvalue weighted by molar-refractivity contribution is 5.35. The van der Waals surface area contributed by atoms with Gasteiger partial charge in [0.25, 0.3) is 0 Å². The van der Waals surface area contributed by atoms with E-state index < -0.39 is 0 Å². The van der Waals surface area contributed by atoms with Crippen LogP contribution in [0.15, 0.2) is 11.0 Å². The first kappa shape index (κ1) is 10.1.